The van der Waals surface area contributed by atoms with E-state index >= 15 is 0 Å². The van der Waals surface area contributed by atoms with Gasteiger partial charge in [-0.2, -0.15) is 0 Å². The van der Waals surface area contributed by atoms with Crippen molar-refractivity contribution in [3.8, 4) is 11.3 Å². The summed E-state index contributed by atoms with van der Waals surface area (Å²) >= 11 is 0. The molecule has 1 fully saturated rings. The van der Waals surface area contributed by atoms with Crippen LogP contribution in [0.5, 0.6) is 0 Å². The van der Waals surface area contributed by atoms with Gasteiger partial charge in [0, 0.05) is 43.9 Å². The number of hydrogen-bond donors (Lipinski definition) is 0. The number of piperazine rings is 1. The third-order valence-electron chi connectivity index (χ3n) is 5.13. The fraction of sp³-hybridized carbons (Fsp3) is 0.227. The molecule has 0 radical (unpaired) electrons. The maximum Gasteiger partial charge on any atom is 0.256 e. The van der Waals surface area contributed by atoms with Crippen molar-refractivity contribution in [3.05, 3.63) is 77.6 Å². The molecule has 3 aromatic rings. The average Bonchev–Trinajstić information content (AvgIpc) is 2.74. The van der Waals surface area contributed by atoms with Gasteiger partial charge in [-0.3, -0.25) is 4.79 Å². The topological polar surface area (TPSA) is 49.3 Å². The van der Waals surface area contributed by atoms with Crippen molar-refractivity contribution in [1.82, 2.24) is 14.9 Å². The van der Waals surface area contributed by atoms with Crippen LogP contribution in [0.15, 0.2) is 54.9 Å². The van der Waals surface area contributed by atoms with Crippen molar-refractivity contribution >= 4 is 11.7 Å². The predicted molar refractivity (Wildman–Crippen MR) is 107 cm³/mol. The van der Waals surface area contributed by atoms with Gasteiger partial charge in [0.15, 0.2) is 0 Å². The molecular formula is C22H20F2N4O. The molecule has 1 saturated heterocycles. The highest BCUT2D eigenvalue weighted by molar-refractivity contribution is 5.94. The van der Waals surface area contributed by atoms with E-state index in [1.807, 2.05) is 37.3 Å². The minimum Gasteiger partial charge on any atom is -0.353 e. The van der Waals surface area contributed by atoms with Crippen LogP contribution in [0.1, 0.15) is 15.9 Å². The molecule has 4 rings (SSSR count). The summed E-state index contributed by atoms with van der Waals surface area (Å²) < 4.78 is 27.0. The van der Waals surface area contributed by atoms with Crippen LogP contribution in [-0.2, 0) is 0 Å². The molecule has 7 heteroatoms. The Hall–Kier alpha value is -3.35. The summed E-state index contributed by atoms with van der Waals surface area (Å²) in [5.41, 5.74) is 2.93. The quantitative estimate of drug-likeness (QED) is 0.680. The molecule has 1 aromatic heterocycles. The van der Waals surface area contributed by atoms with Gasteiger partial charge in [-0.05, 0) is 24.6 Å². The SMILES string of the molecule is Cc1ccccc1-c1cc(N2CCN(C(=O)c3ccc(F)cc3F)CC2)ncn1. The van der Waals surface area contributed by atoms with Gasteiger partial charge >= 0.3 is 0 Å². The van der Waals surface area contributed by atoms with E-state index in [-0.39, 0.29) is 5.56 Å². The summed E-state index contributed by atoms with van der Waals surface area (Å²) in [7, 11) is 0. The van der Waals surface area contributed by atoms with Gasteiger partial charge in [0.25, 0.3) is 5.91 Å². The summed E-state index contributed by atoms with van der Waals surface area (Å²) in [6, 6.07) is 13.0. The number of hydrogen-bond acceptors (Lipinski definition) is 4. The first-order valence-corrected chi connectivity index (χ1v) is 9.40. The second kappa shape index (κ2) is 7.95. The second-order valence-electron chi connectivity index (χ2n) is 6.98. The number of benzene rings is 2. The van der Waals surface area contributed by atoms with Gasteiger partial charge in [-0.1, -0.05) is 24.3 Å². The fourth-order valence-corrected chi connectivity index (χ4v) is 3.50. The minimum absolute atomic E-state index is 0.108. The Morgan fingerprint density at radius 1 is 0.966 bits per heavy atom. The number of halogens is 2. The molecule has 1 aliphatic heterocycles. The van der Waals surface area contributed by atoms with Crippen molar-refractivity contribution in [2.75, 3.05) is 31.1 Å². The molecule has 0 spiro atoms. The number of carbonyl (C=O) groups excluding carboxylic acids is 1. The average molecular weight is 394 g/mol. The first-order valence-electron chi connectivity index (χ1n) is 9.40. The number of anilines is 1. The molecule has 1 aliphatic rings. The zero-order valence-corrected chi connectivity index (χ0v) is 16.0. The van der Waals surface area contributed by atoms with Crippen LogP contribution in [0, 0.1) is 18.6 Å². The molecular weight excluding hydrogens is 374 g/mol. The molecule has 0 N–H and O–H groups in total. The van der Waals surface area contributed by atoms with E-state index < -0.39 is 17.5 Å². The molecule has 148 valence electrons. The van der Waals surface area contributed by atoms with Crippen molar-refractivity contribution in [3.63, 3.8) is 0 Å². The lowest BCUT2D eigenvalue weighted by molar-refractivity contribution is 0.0741. The van der Waals surface area contributed by atoms with E-state index in [1.165, 1.54) is 6.07 Å². The number of amides is 1. The summed E-state index contributed by atoms with van der Waals surface area (Å²) in [4.78, 5) is 25.0. The van der Waals surface area contributed by atoms with Crippen molar-refractivity contribution in [2.24, 2.45) is 0 Å². The first kappa shape index (κ1) is 19.0. The van der Waals surface area contributed by atoms with Crippen LogP contribution in [0.4, 0.5) is 14.6 Å². The van der Waals surface area contributed by atoms with Crippen molar-refractivity contribution in [1.29, 1.82) is 0 Å². The maximum absolute atomic E-state index is 13.9. The van der Waals surface area contributed by atoms with E-state index in [1.54, 1.807) is 11.2 Å². The van der Waals surface area contributed by atoms with Gasteiger partial charge in [-0.25, -0.2) is 18.7 Å². The molecule has 5 nitrogen and oxygen atoms in total. The zero-order valence-electron chi connectivity index (χ0n) is 16.0. The predicted octanol–water partition coefficient (Wildman–Crippen LogP) is 3.69. The second-order valence-corrected chi connectivity index (χ2v) is 6.98. The third kappa shape index (κ3) is 3.94. The van der Waals surface area contributed by atoms with Crippen LogP contribution in [0.3, 0.4) is 0 Å². The van der Waals surface area contributed by atoms with Gasteiger partial charge < -0.3 is 9.80 Å². The van der Waals surface area contributed by atoms with E-state index in [0.717, 1.165) is 34.8 Å². The lowest BCUT2D eigenvalue weighted by Gasteiger charge is -2.35. The minimum atomic E-state index is -0.837. The highest BCUT2D eigenvalue weighted by Gasteiger charge is 2.25. The standard InChI is InChI=1S/C22H20F2N4O/c1-15-4-2-3-5-17(15)20-13-21(26-14-25-20)27-8-10-28(11-9-27)22(29)18-7-6-16(23)12-19(18)24/h2-7,12-14H,8-11H2,1H3. The number of aryl methyl sites for hydroxylation is 1. The zero-order chi connectivity index (χ0) is 20.4. The number of aromatic nitrogens is 2. The van der Waals surface area contributed by atoms with E-state index in [4.69, 9.17) is 0 Å². The lowest BCUT2D eigenvalue weighted by Crippen LogP contribution is -2.49. The summed E-state index contributed by atoms with van der Waals surface area (Å²) in [6.07, 6.45) is 1.54. The molecule has 0 saturated carbocycles. The van der Waals surface area contributed by atoms with E-state index in [2.05, 4.69) is 14.9 Å². The summed E-state index contributed by atoms with van der Waals surface area (Å²) in [5.74, 6) is -1.17. The lowest BCUT2D eigenvalue weighted by atomic mass is 10.1. The van der Waals surface area contributed by atoms with Crippen LogP contribution < -0.4 is 4.90 Å². The number of rotatable bonds is 3. The van der Waals surface area contributed by atoms with Crippen LogP contribution in [-0.4, -0.2) is 47.0 Å². The number of carbonyl (C=O) groups is 1. The van der Waals surface area contributed by atoms with Gasteiger partial charge in [0.05, 0.1) is 11.3 Å². The van der Waals surface area contributed by atoms with Gasteiger partial charge in [0.1, 0.15) is 23.8 Å². The Morgan fingerprint density at radius 2 is 1.72 bits per heavy atom. The van der Waals surface area contributed by atoms with Crippen LogP contribution in [0.25, 0.3) is 11.3 Å². The normalized spacial score (nSPS) is 14.2. The molecule has 0 aliphatic carbocycles. The molecule has 0 unspecified atom stereocenters. The van der Waals surface area contributed by atoms with Crippen molar-refractivity contribution in [2.45, 2.75) is 6.92 Å². The van der Waals surface area contributed by atoms with E-state index in [0.29, 0.717) is 26.2 Å². The Balaban J connectivity index is 1.47. The van der Waals surface area contributed by atoms with Crippen LogP contribution >= 0.6 is 0 Å². The first-order chi connectivity index (χ1) is 14.0. The molecule has 1 amide bonds. The summed E-state index contributed by atoms with van der Waals surface area (Å²) in [5, 5.41) is 0. The van der Waals surface area contributed by atoms with Crippen molar-refractivity contribution < 1.29 is 13.6 Å². The van der Waals surface area contributed by atoms with E-state index in [9.17, 15) is 13.6 Å². The van der Waals surface area contributed by atoms with Gasteiger partial charge in [-0.15, -0.1) is 0 Å². The summed E-state index contributed by atoms with van der Waals surface area (Å²) in [6.45, 7) is 4.03. The third-order valence-corrected chi connectivity index (χ3v) is 5.13. The van der Waals surface area contributed by atoms with Gasteiger partial charge in [0.2, 0.25) is 0 Å². The molecule has 0 bridgehead atoms. The Kier molecular flexibility index (Phi) is 5.20. The molecule has 0 atom stereocenters. The maximum atomic E-state index is 13.9. The Labute approximate surface area is 167 Å². The Bertz CT molecular complexity index is 1050. The molecule has 2 aromatic carbocycles. The smallest absolute Gasteiger partial charge is 0.256 e. The number of nitrogens with zero attached hydrogens (tertiary/aromatic N) is 4. The monoisotopic (exact) mass is 394 g/mol. The molecule has 29 heavy (non-hydrogen) atoms. The van der Waals surface area contributed by atoms with Crippen LogP contribution in [0.2, 0.25) is 0 Å². The molecule has 2 heterocycles. The highest BCUT2D eigenvalue weighted by Crippen LogP contribution is 2.24. The Morgan fingerprint density at radius 3 is 2.45 bits per heavy atom. The largest absolute Gasteiger partial charge is 0.353 e. The highest BCUT2D eigenvalue weighted by atomic mass is 19.1. The fourth-order valence-electron chi connectivity index (χ4n) is 3.50.